The number of carboxylic acids is 1. The van der Waals surface area contributed by atoms with E-state index in [1.807, 2.05) is 19.1 Å². The molecule has 1 amide bonds. The smallest absolute Gasteiger partial charge is 0.339 e. The fourth-order valence-corrected chi connectivity index (χ4v) is 2.03. The Morgan fingerprint density at radius 1 is 1.10 bits per heavy atom. The number of carbonyl (C=O) groups is 2. The molecule has 0 spiro atoms. The molecule has 0 unspecified atom stereocenters. The molecule has 0 aromatic heterocycles. The molecule has 0 radical (unpaired) electrons. The van der Waals surface area contributed by atoms with Gasteiger partial charge in [0, 0.05) is 11.3 Å². The third-order valence-corrected chi connectivity index (χ3v) is 3.13. The fourth-order valence-electron chi connectivity index (χ4n) is 2.03. The number of phenols is 1. The van der Waals surface area contributed by atoms with Crippen molar-refractivity contribution in [3.05, 3.63) is 59.2 Å². The highest BCUT2D eigenvalue weighted by molar-refractivity contribution is 6.06. The second-order valence-electron chi connectivity index (χ2n) is 4.50. The summed E-state index contributed by atoms with van der Waals surface area (Å²) in [5, 5.41) is 21.0. The zero-order valence-corrected chi connectivity index (χ0v) is 11.5. The van der Waals surface area contributed by atoms with Crippen LogP contribution in [0.25, 0.3) is 0 Å². The summed E-state index contributed by atoms with van der Waals surface area (Å²) in [7, 11) is 0. The van der Waals surface area contributed by atoms with Gasteiger partial charge in [0.1, 0.15) is 11.3 Å². The molecule has 2 aromatic rings. The molecule has 0 bridgehead atoms. The monoisotopic (exact) mass is 285 g/mol. The number of carbonyl (C=O) groups excluding carboxylic acids is 1. The van der Waals surface area contributed by atoms with Gasteiger partial charge in [-0.15, -0.1) is 0 Å². The largest absolute Gasteiger partial charge is 0.507 e. The molecule has 2 aromatic carbocycles. The third kappa shape index (κ3) is 3.20. The molecule has 0 fully saturated rings. The van der Waals surface area contributed by atoms with E-state index < -0.39 is 5.97 Å². The Kier molecular flexibility index (Phi) is 4.23. The average Bonchev–Trinajstić information content (AvgIpc) is 2.48. The maximum Gasteiger partial charge on any atom is 0.339 e. The summed E-state index contributed by atoms with van der Waals surface area (Å²) in [5.41, 5.74) is 1.52. The number of benzene rings is 2. The second-order valence-corrected chi connectivity index (χ2v) is 4.50. The molecule has 21 heavy (non-hydrogen) atoms. The van der Waals surface area contributed by atoms with Gasteiger partial charge in [-0.05, 0) is 36.2 Å². The summed E-state index contributed by atoms with van der Waals surface area (Å²) >= 11 is 0. The molecule has 0 saturated carbocycles. The summed E-state index contributed by atoms with van der Waals surface area (Å²) < 4.78 is 0. The van der Waals surface area contributed by atoms with Crippen LogP contribution in [0.1, 0.15) is 33.2 Å². The van der Waals surface area contributed by atoms with Crippen LogP contribution in [-0.4, -0.2) is 22.1 Å². The first-order valence-electron chi connectivity index (χ1n) is 6.48. The van der Waals surface area contributed by atoms with Gasteiger partial charge in [0.15, 0.2) is 0 Å². The normalized spacial score (nSPS) is 10.1. The maximum atomic E-state index is 12.2. The molecule has 0 aliphatic carbocycles. The van der Waals surface area contributed by atoms with Crippen LogP contribution in [0.4, 0.5) is 5.69 Å². The molecule has 0 aliphatic rings. The minimum absolute atomic E-state index is 0.253. The Hall–Kier alpha value is -2.82. The lowest BCUT2D eigenvalue weighted by molar-refractivity contribution is 0.0693. The first kappa shape index (κ1) is 14.6. The topological polar surface area (TPSA) is 86.6 Å². The van der Waals surface area contributed by atoms with E-state index in [0.717, 1.165) is 12.0 Å². The van der Waals surface area contributed by atoms with Gasteiger partial charge in [-0.2, -0.15) is 0 Å². The highest BCUT2D eigenvalue weighted by Gasteiger charge is 2.13. The Bertz CT molecular complexity index is 694. The molecule has 3 N–H and O–H groups in total. The predicted octanol–water partition coefficient (Wildman–Crippen LogP) is 2.91. The van der Waals surface area contributed by atoms with Crippen LogP contribution in [-0.2, 0) is 6.42 Å². The number of aromatic hydroxyl groups is 1. The summed E-state index contributed by atoms with van der Waals surface area (Å²) in [6.07, 6.45) is 0.722. The van der Waals surface area contributed by atoms with Crippen molar-refractivity contribution in [2.24, 2.45) is 0 Å². The van der Waals surface area contributed by atoms with Crippen molar-refractivity contribution in [2.75, 3.05) is 5.32 Å². The van der Waals surface area contributed by atoms with Crippen LogP contribution in [0, 0.1) is 0 Å². The van der Waals surface area contributed by atoms with E-state index in [2.05, 4.69) is 5.32 Å². The lowest BCUT2D eigenvalue weighted by Crippen LogP contribution is -2.14. The van der Waals surface area contributed by atoms with Crippen LogP contribution in [0.15, 0.2) is 42.5 Å². The number of hydrogen-bond donors (Lipinski definition) is 3. The number of rotatable bonds is 4. The molecule has 0 heterocycles. The van der Waals surface area contributed by atoms with Gasteiger partial charge in [-0.25, -0.2) is 4.79 Å². The molecule has 5 nitrogen and oxygen atoms in total. The molecule has 0 atom stereocenters. The van der Waals surface area contributed by atoms with Crippen LogP contribution in [0.5, 0.6) is 5.75 Å². The summed E-state index contributed by atoms with van der Waals surface area (Å²) in [5.74, 6) is -1.90. The maximum absolute atomic E-state index is 12.2. The van der Waals surface area contributed by atoms with E-state index in [1.54, 1.807) is 12.1 Å². The molecule has 2 rings (SSSR count). The Morgan fingerprint density at radius 2 is 1.81 bits per heavy atom. The van der Waals surface area contributed by atoms with E-state index in [0.29, 0.717) is 11.3 Å². The highest BCUT2D eigenvalue weighted by atomic mass is 16.4. The van der Waals surface area contributed by atoms with E-state index in [-0.39, 0.29) is 17.2 Å². The molecular weight excluding hydrogens is 270 g/mol. The number of anilines is 1. The van der Waals surface area contributed by atoms with E-state index in [9.17, 15) is 14.7 Å². The predicted molar refractivity (Wildman–Crippen MR) is 78.8 cm³/mol. The van der Waals surface area contributed by atoms with Crippen molar-refractivity contribution in [3.8, 4) is 5.75 Å². The molecule has 0 aliphatic heterocycles. The zero-order chi connectivity index (χ0) is 15.4. The van der Waals surface area contributed by atoms with Crippen molar-refractivity contribution in [2.45, 2.75) is 13.3 Å². The first-order chi connectivity index (χ1) is 10.0. The molecule has 5 heteroatoms. The number of aryl methyl sites for hydroxylation is 1. The SMILES string of the molecule is CCc1ccccc1C(=O)Nc1ccc(O)c(C(=O)O)c1. The Labute approximate surface area is 121 Å². The average molecular weight is 285 g/mol. The van der Waals surface area contributed by atoms with Gasteiger partial charge in [0.05, 0.1) is 0 Å². The van der Waals surface area contributed by atoms with E-state index in [1.165, 1.54) is 18.2 Å². The van der Waals surface area contributed by atoms with Gasteiger partial charge < -0.3 is 15.5 Å². The first-order valence-corrected chi connectivity index (χ1v) is 6.48. The number of aromatic carboxylic acids is 1. The quantitative estimate of drug-likeness (QED) is 0.754. The lowest BCUT2D eigenvalue weighted by atomic mass is 10.0. The van der Waals surface area contributed by atoms with Crippen molar-refractivity contribution >= 4 is 17.6 Å². The summed E-state index contributed by atoms with van der Waals surface area (Å²) in [6, 6.07) is 11.1. The number of amides is 1. The minimum Gasteiger partial charge on any atom is -0.507 e. The van der Waals surface area contributed by atoms with Gasteiger partial charge in [0.25, 0.3) is 5.91 Å². The van der Waals surface area contributed by atoms with E-state index >= 15 is 0 Å². The van der Waals surface area contributed by atoms with Gasteiger partial charge in [-0.3, -0.25) is 4.79 Å². The van der Waals surface area contributed by atoms with Crippen LogP contribution >= 0.6 is 0 Å². The number of nitrogens with one attached hydrogen (secondary N) is 1. The van der Waals surface area contributed by atoms with E-state index in [4.69, 9.17) is 5.11 Å². The van der Waals surface area contributed by atoms with Crippen LogP contribution in [0.3, 0.4) is 0 Å². The number of carboxylic acid groups (broad SMARTS) is 1. The zero-order valence-electron chi connectivity index (χ0n) is 11.5. The Balaban J connectivity index is 2.28. The summed E-state index contributed by atoms with van der Waals surface area (Å²) in [4.78, 5) is 23.2. The lowest BCUT2D eigenvalue weighted by Gasteiger charge is -2.10. The van der Waals surface area contributed by atoms with Crippen molar-refractivity contribution < 1.29 is 19.8 Å². The molecule has 0 saturated heterocycles. The highest BCUT2D eigenvalue weighted by Crippen LogP contribution is 2.22. The standard InChI is InChI=1S/C16H15NO4/c1-2-10-5-3-4-6-12(10)15(19)17-11-7-8-14(18)13(9-11)16(20)21/h3-9,18H,2H2,1H3,(H,17,19)(H,20,21). The summed E-state index contributed by atoms with van der Waals surface area (Å²) in [6.45, 7) is 1.95. The van der Waals surface area contributed by atoms with Crippen molar-refractivity contribution in [1.29, 1.82) is 0 Å². The van der Waals surface area contributed by atoms with Crippen molar-refractivity contribution in [3.63, 3.8) is 0 Å². The molecule has 108 valence electrons. The fraction of sp³-hybridized carbons (Fsp3) is 0.125. The second kappa shape index (κ2) is 6.09. The molecular formula is C16H15NO4. The van der Waals surface area contributed by atoms with Crippen molar-refractivity contribution in [1.82, 2.24) is 0 Å². The number of hydrogen-bond acceptors (Lipinski definition) is 3. The minimum atomic E-state index is -1.25. The van der Waals surface area contributed by atoms with Crippen LogP contribution in [0.2, 0.25) is 0 Å². The Morgan fingerprint density at radius 3 is 2.48 bits per heavy atom. The third-order valence-electron chi connectivity index (χ3n) is 3.13. The van der Waals surface area contributed by atoms with Crippen LogP contribution < -0.4 is 5.32 Å². The van der Waals surface area contributed by atoms with Gasteiger partial charge >= 0.3 is 5.97 Å². The van der Waals surface area contributed by atoms with Gasteiger partial charge in [-0.1, -0.05) is 25.1 Å². The van der Waals surface area contributed by atoms with Gasteiger partial charge in [0.2, 0.25) is 0 Å².